The normalized spacial score (nSPS) is 10.9. The summed E-state index contributed by atoms with van der Waals surface area (Å²) < 4.78 is 1.85. The molecule has 0 aliphatic rings. The monoisotopic (exact) mass is 307 g/mol. The lowest BCUT2D eigenvalue weighted by Crippen LogP contribution is -2.03. The Balaban J connectivity index is 1.67. The van der Waals surface area contributed by atoms with Gasteiger partial charge in [0.1, 0.15) is 5.82 Å². The number of hydrogen-bond acceptors (Lipinski definition) is 5. The molecule has 0 amide bonds. The van der Waals surface area contributed by atoms with Crippen molar-refractivity contribution < 1.29 is 0 Å². The van der Waals surface area contributed by atoms with Gasteiger partial charge in [0.25, 0.3) is 0 Å². The van der Waals surface area contributed by atoms with Crippen molar-refractivity contribution in [2.24, 2.45) is 0 Å². The Morgan fingerprint density at radius 3 is 2.82 bits per heavy atom. The first-order valence-corrected chi connectivity index (χ1v) is 7.79. The molecular formula is C16H13N5S. The maximum Gasteiger partial charge on any atom is 0.154 e. The number of hydrogen-bond donors (Lipinski definition) is 1. The summed E-state index contributed by atoms with van der Waals surface area (Å²) in [5.74, 6) is 0.828. The van der Waals surface area contributed by atoms with Crippen molar-refractivity contribution in [1.29, 1.82) is 0 Å². The first kappa shape index (κ1) is 13.0. The van der Waals surface area contributed by atoms with Crippen LogP contribution in [0.25, 0.3) is 16.9 Å². The molecule has 0 unspecified atom stereocenters. The average molecular weight is 307 g/mol. The summed E-state index contributed by atoms with van der Waals surface area (Å²) in [7, 11) is 0. The molecule has 6 heteroatoms. The number of nitrogens with one attached hydrogen (secondary N) is 1. The summed E-state index contributed by atoms with van der Waals surface area (Å²) in [6.45, 7) is 0.773. The molecule has 4 rings (SSSR count). The minimum atomic E-state index is 0.773. The lowest BCUT2D eigenvalue weighted by molar-refractivity contribution is 0.933. The van der Waals surface area contributed by atoms with Crippen LogP contribution in [0.1, 0.15) is 4.88 Å². The fourth-order valence-corrected chi connectivity index (χ4v) is 2.92. The molecule has 0 aliphatic heterocycles. The van der Waals surface area contributed by atoms with Gasteiger partial charge in [-0.2, -0.15) is 0 Å². The van der Waals surface area contributed by atoms with Gasteiger partial charge in [0.15, 0.2) is 5.65 Å². The molecule has 0 saturated carbocycles. The Kier molecular flexibility index (Phi) is 3.29. The topological polar surface area (TPSA) is 55.1 Å². The van der Waals surface area contributed by atoms with Gasteiger partial charge >= 0.3 is 0 Å². The van der Waals surface area contributed by atoms with E-state index < -0.39 is 0 Å². The molecule has 0 bridgehead atoms. The van der Waals surface area contributed by atoms with E-state index in [4.69, 9.17) is 0 Å². The van der Waals surface area contributed by atoms with E-state index in [1.54, 1.807) is 23.7 Å². The van der Waals surface area contributed by atoms with Crippen LogP contribution in [0.2, 0.25) is 0 Å². The third-order valence-electron chi connectivity index (χ3n) is 3.36. The zero-order valence-corrected chi connectivity index (χ0v) is 12.5. The number of nitrogens with zero attached hydrogens (tertiary/aromatic N) is 4. The van der Waals surface area contributed by atoms with E-state index in [0.717, 1.165) is 29.3 Å². The van der Waals surface area contributed by atoms with Gasteiger partial charge in [0.05, 0.1) is 18.4 Å². The molecule has 4 aromatic rings. The van der Waals surface area contributed by atoms with Crippen LogP contribution in [0.3, 0.4) is 0 Å². The summed E-state index contributed by atoms with van der Waals surface area (Å²) in [5.41, 5.74) is 2.83. The van der Waals surface area contributed by atoms with Crippen LogP contribution in [-0.2, 0) is 6.54 Å². The molecule has 0 aromatic carbocycles. The molecule has 108 valence electrons. The quantitative estimate of drug-likeness (QED) is 0.627. The van der Waals surface area contributed by atoms with Crippen molar-refractivity contribution in [2.75, 3.05) is 5.32 Å². The highest BCUT2D eigenvalue weighted by Gasteiger charge is 2.07. The summed E-state index contributed by atoms with van der Waals surface area (Å²) >= 11 is 1.73. The second kappa shape index (κ2) is 5.57. The molecule has 4 heterocycles. The summed E-state index contributed by atoms with van der Waals surface area (Å²) in [4.78, 5) is 9.73. The van der Waals surface area contributed by atoms with Gasteiger partial charge in [0, 0.05) is 22.8 Å². The zero-order valence-electron chi connectivity index (χ0n) is 11.7. The Morgan fingerprint density at radius 2 is 2.00 bits per heavy atom. The standard InChI is InChI=1S/C16H13N5S/c1-2-13(22-9-1)10-18-15-3-4-16-19-11-14(21(16)20-15)12-5-7-17-8-6-12/h1-9,11H,10H2,(H,18,20). The second-order valence-corrected chi connectivity index (χ2v) is 5.83. The number of aromatic nitrogens is 4. The van der Waals surface area contributed by atoms with Crippen molar-refractivity contribution in [1.82, 2.24) is 19.6 Å². The summed E-state index contributed by atoms with van der Waals surface area (Å²) in [6, 6.07) is 12.0. The van der Waals surface area contributed by atoms with Gasteiger partial charge in [-0.1, -0.05) is 6.07 Å². The first-order chi connectivity index (χ1) is 10.9. The molecule has 4 aromatic heterocycles. The SMILES string of the molecule is c1csc(CNc2ccc3ncc(-c4ccncc4)n3n2)c1. The maximum atomic E-state index is 4.64. The largest absolute Gasteiger partial charge is 0.364 e. The van der Waals surface area contributed by atoms with Crippen LogP contribution >= 0.6 is 11.3 Å². The minimum Gasteiger partial charge on any atom is -0.364 e. The highest BCUT2D eigenvalue weighted by molar-refractivity contribution is 7.09. The van der Waals surface area contributed by atoms with E-state index >= 15 is 0 Å². The number of imidazole rings is 1. The van der Waals surface area contributed by atoms with Crippen LogP contribution in [0.4, 0.5) is 5.82 Å². The highest BCUT2D eigenvalue weighted by atomic mass is 32.1. The van der Waals surface area contributed by atoms with Gasteiger partial charge < -0.3 is 5.32 Å². The molecule has 0 saturated heterocycles. The maximum absolute atomic E-state index is 4.64. The lowest BCUT2D eigenvalue weighted by atomic mass is 10.2. The molecular weight excluding hydrogens is 294 g/mol. The molecule has 1 N–H and O–H groups in total. The number of pyridine rings is 1. The highest BCUT2D eigenvalue weighted by Crippen LogP contribution is 2.20. The van der Waals surface area contributed by atoms with Crippen LogP contribution in [0.15, 0.2) is 60.4 Å². The number of rotatable bonds is 4. The van der Waals surface area contributed by atoms with E-state index in [9.17, 15) is 0 Å². The lowest BCUT2D eigenvalue weighted by Gasteiger charge is -2.06. The Labute approximate surface area is 131 Å². The minimum absolute atomic E-state index is 0.773. The van der Waals surface area contributed by atoms with Crippen molar-refractivity contribution >= 4 is 22.8 Å². The summed E-state index contributed by atoms with van der Waals surface area (Å²) in [5, 5.41) is 10.1. The number of fused-ring (bicyclic) bond motifs is 1. The molecule has 22 heavy (non-hydrogen) atoms. The van der Waals surface area contributed by atoms with Gasteiger partial charge in [-0.05, 0) is 35.7 Å². The van der Waals surface area contributed by atoms with E-state index in [1.807, 2.05) is 35.0 Å². The molecule has 0 fully saturated rings. The number of anilines is 1. The summed E-state index contributed by atoms with van der Waals surface area (Å²) in [6.07, 6.45) is 5.38. The van der Waals surface area contributed by atoms with Crippen molar-refractivity contribution in [3.63, 3.8) is 0 Å². The molecule has 0 atom stereocenters. The third kappa shape index (κ3) is 2.44. The first-order valence-electron chi connectivity index (χ1n) is 6.91. The van der Waals surface area contributed by atoms with Gasteiger partial charge in [0.2, 0.25) is 0 Å². The molecule has 0 radical (unpaired) electrons. The average Bonchev–Trinajstić information content (AvgIpc) is 3.23. The van der Waals surface area contributed by atoms with E-state index in [2.05, 4.69) is 37.9 Å². The molecule has 0 spiro atoms. The van der Waals surface area contributed by atoms with Crippen LogP contribution in [-0.4, -0.2) is 19.6 Å². The van der Waals surface area contributed by atoms with Crippen molar-refractivity contribution in [3.05, 3.63) is 65.2 Å². The Bertz CT molecular complexity index is 883. The molecule has 5 nitrogen and oxygen atoms in total. The molecule has 0 aliphatic carbocycles. The number of thiophene rings is 1. The van der Waals surface area contributed by atoms with E-state index in [-0.39, 0.29) is 0 Å². The predicted molar refractivity (Wildman–Crippen MR) is 87.9 cm³/mol. The van der Waals surface area contributed by atoms with Crippen molar-refractivity contribution in [3.8, 4) is 11.3 Å². The van der Waals surface area contributed by atoms with Crippen LogP contribution < -0.4 is 5.32 Å². The van der Waals surface area contributed by atoms with Gasteiger partial charge in [-0.3, -0.25) is 4.98 Å². The smallest absolute Gasteiger partial charge is 0.154 e. The Morgan fingerprint density at radius 1 is 1.09 bits per heavy atom. The van der Waals surface area contributed by atoms with Gasteiger partial charge in [-0.15, -0.1) is 16.4 Å². The third-order valence-corrected chi connectivity index (χ3v) is 4.24. The van der Waals surface area contributed by atoms with Crippen molar-refractivity contribution in [2.45, 2.75) is 6.54 Å². The predicted octanol–water partition coefficient (Wildman–Crippen LogP) is 3.46. The van der Waals surface area contributed by atoms with Gasteiger partial charge in [-0.25, -0.2) is 9.50 Å². The zero-order chi connectivity index (χ0) is 14.8. The van der Waals surface area contributed by atoms with Crippen LogP contribution in [0.5, 0.6) is 0 Å². The van der Waals surface area contributed by atoms with E-state index in [0.29, 0.717) is 0 Å². The van der Waals surface area contributed by atoms with Crippen LogP contribution in [0, 0.1) is 0 Å². The fourth-order valence-electron chi connectivity index (χ4n) is 2.28. The van der Waals surface area contributed by atoms with E-state index in [1.165, 1.54) is 4.88 Å². The Hall–Kier alpha value is -2.73. The fraction of sp³-hybridized carbons (Fsp3) is 0.0625. The second-order valence-electron chi connectivity index (χ2n) is 4.80.